The van der Waals surface area contributed by atoms with Crippen molar-refractivity contribution >= 4 is 11.6 Å². The fourth-order valence-electron chi connectivity index (χ4n) is 2.33. The summed E-state index contributed by atoms with van der Waals surface area (Å²) in [5.41, 5.74) is 1.34. The van der Waals surface area contributed by atoms with Crippen LogP contribution >= 0.6 is 11.6 Å². The van der Waals surface area contributed by atoms with E-state index in [0.29, 0.717) is 24.6 Å². The van der Waals surface area contributed by atoms with Crippen molar-refractivity contribution in [2.75, 3.05) is 20.2 Å². The van der Waals surface area contributed by atoms with Gasteiger partial charge in [-0.25, -0.2) is 0 Å². The van der Waals surface area contributed by atoms with Crippen LogP contribution in [-0.2, 0) is 12.8 Å². The van der Waals surface area contributed by atoms with Crippen molar-refractivity contribution in [2.45, 2.75) is 25.4 Å². The predicted molar refractivity (Wildman–Crippen MR) is 68.9 cm³/mol. The number of hydrogen-bond acceptors (Lipinski definition) is 3. The highest BCUT2D eigenvalue weighted by atomic mass is 35.5. The Labute approximate surface area is 107 Å². The fourth-order valence-corrected chi connectivity index (χ4v) is 2.59. The molecule has 0 aliphatic carbocycles. The van der Waals surface area contributed by atoms with Crippen molar-refractivity contribution < 1.29 is 9.84 Å². The number of aliphatic hydroxyl groups is 1. The number of likely N-dealkylation sites (N-methyl/N-ethyl adjacent to an activating group) is 1. The first-order valence-corrected chi connectivity index (χ1v) is 6.21. The Morgan fingerprint density at radius 1 is 1.53 bits per heavy atom. The number of halogens is 1. The molecule has 1 aliphatic heterocycles. The van der Waals surface area contributed by atoms with Crippen molar-refractivity contribution in [3.8, 4) is 5.75 Å². The van der Waals surface area contributed by atoms with Crippen LogP contribution in [0.5, 0.6) is 5.75 Å². The molecule has 2 rings (SSSR count). The van der Waals surface area contributed by atoms with Gasteiger partial charge in [-0.05, 0) is 37.2 Å². The fraction of sp³-hybridized carbons (Fsp3) is 0.538. The third kappa shape index (κ3) is 2.92. The van der Waals surface area contributed by atoms with Crippen LogP contribution in [0.1, 0.15) is 18.1 Å². The van der Waals surface area contributed by atoms with Gasteiger partial charge in [0.05, 0.1) is 12.2 Å². The van der Waals surface area contributed by atoms with Gasteiger partial charge in [-0.3, -0.25) is 0 Å². The van der Waals surface area contributed by atoms with E-state index in [2.05, 4.69) is 5.32 Å². The molecule has 94 valence electrons. The minimum atomic E-state index is -0.793. The number of hydrogen-bond donors (Lipinski definition) is 2. The van der Waals surface area contributed by atoms with Gasteiger partial charge in [0.2, 0.25) is 0 Å². The molecule has 1 aromatic rings. The van der Waals surface area contributed by atoms with E-state index in [4.69, 9.17) is 16.3 Å². The molecule has 0 amide bonds. The summed E-state index contributed by atoms with van der Waals surface area (Å²) in [6.07, 6.45) is 1.44. The molecular weight excluding hydrogens is 238 g/mol. The minimum Gasteiger partial charge on any atom is -0.493 e. The summed E-state index contributed by atoms with van der Waals surface area (Å²) in [5.74, 6) is 0.908. The zero-order chi connectivity index (χ0) is 12.5. The summed E-state index contributed by atoms with van der Waals surface area (Å²) in [7, 11) is 1.83. The molecule has 0 saturated heterocycles. The molecular formula is C13H18ClNO2. The molecule has 3 nitrogen and oxygen atoms in total. The number of rotatable bonds is 4. The average Bonchev–Trinajstić information content (AvgIpc) is 2.64. The second-order valence-electron chi connectivity index (χ2n) is 4.86. The van der Waals surface area contributed by atoms with Gasteiger partial charge in [-0.1, -0.05) is 11.6 Å². The topological polar surface area (TPSA) is 41.5 Å². The number of ether oxygens (including phenoxy) is 1. The zero-order valence-electron chi connectivity index (χ0n) is 10.2. The van der Waals surface area contributed by atoms with Gasteiger partial charge in [0, 0.05) is 24.4 Å². The summed E-state index contributed by atoms with van der Waals surface area (Å²) < 4.78 is 5.62. The van der Waals surface area contributed by atoms with Crippen molar-refractivity contribution in [3.63, 3.8) is 0 Å². The summed E-state index contributed by atoms with van der Waals surface area (Å²) in [4.78, 5) is 0. The van der Waals surface area contributed by atoms with Crippen molar-refractivity contribution in [1.82, 2.24) is 5.32 Å². The Morgan fingerprint density at radius 3 is 3.00 bits per heavy atom. The molecule has 1 unspecified atom stereocenters. The molecule has 0 fully saturated rings. The van der Waals surface area contributed by atoms with Crippen LogP contribution in [0.3, 0.4) is 0 Å². The highest BCUT2D eigenvalue weighted by Gasteiger charge is 2.25. The molecule has 0 aromatic heterocycles. The first-order chi connectivity index (χ1) is 8.02. The molecule has 1 aromatic carbocycles. The maximum Gasteiger partial charge on any atom is 0.126 e. The molecule has 1 heterocycles. The highest BCUT2D eigenvalue weighted by Crippen LogP contribution is 2.34. The Bertz CT molecular complexity index is 418. The molecule has 0 spiro atoms. The summed E-state index contributed by atoms with van der Waals surface area (Å²) in [6, 6.07) is 3.83. The number of benzene rings is 1. The van der Waals surface area contributed by atoms with Gasteiger partial charge in [-0.15, -0.1) is 0 Å². The largest absolute Gasteiger partial charge is 0.493 e. The van der Waals surface area contributed by atoms with E-state index in [9.17, 15) is 5.11 Å². The minimum absolute atomic E-state index is 0.536. The molecule has 17 heavy (non-hydrogen) atoms. The first kappa shape index (κ1) is 12.7. The predicted octanol–water partition coefficient (Wildman–Crippen LogP) is 1.79. The van der Waals surface area contributed by atoms with E-state index in [1.165, 1.54) is 0 Å². The molecule has 4 heteroatoms. The van der Waals surface area contributed by atoms with E-state index < -0.39 is 5.60 Å². The van der Waals surface area contributed by atoms with E-state index in [-0.39, 0.29) is 0 Å². The van der Waals surface area contributed by atoms with E-state index in [1.54, 1.807) is 0 Å². The van der Waals surface area contributed by atoms with Gasteiger partial charge in [-0.2, -0.15) is 0 Å². The van der Waals surface area contributed by atoms with Gasteiger partial charge < -0.3 is 15.2 Å². The van der Waals surface area contributed by atoms with Crippen molar-refractivity contribution in [2.24, 2.45) is 0 Å². The van der Waals surface area contributed by atoms with E-state index in [0.717, 1.165) is 23.3 Å². The van der Waals surface area contributed by atoms with Crippen LogP contribution in [-0.4, -0.2) is 30.9 Å². The van der Waals surface area contributed by atoms with E-state index in [1.807, 2.05) is 26.1 Å². The van der Waals surface area contributed by atoms with Crippen molar-refractivity contribution in [1.29, 1.82) is 0 Å². The third-order valence-electron chi connectivity index (χ3n) is 2.95. The SMILES string of the molecule is CNCC(C)(O)Cc1cc(Cl)cc2c1OCC2. The number of fused-ring (bicyclic) bond motifs is 1. The van der Waals surface area contributed by atoms with Crippen LogP contribution < -0.4 is 10.1 Å². The normalized spacial score (nSPS) is 17.4. The molecule has 0 bridgehead atoms. The zero-order valence-corrected chi connectivity index (χ0v) is 11.0. The monoisotopic (exact) mass is 255 g/mol. The summed E-state index contributed by atoms with van der Waals surface area (Å²) in [6.45, 7) is 3.05. The Morgan fingerprint density at radius 2 is 2.29 bits per heavy atom. The van der Waals surface area contributed by atoms with Gasteiger partial charge in [0.25, 0.3) is 0 Å². The van der Waals surface area contributed by atoms with Gasteiger partial charge in [0.15, 0.2) is 0 Å². The Balaban J connectivity index is 2.27. The third-order valence-corrected chi connectivity index (χ3v) is 3.17. The van der Waals surface area contributed by atoms with E-state index >= 15 is 0 Å². The summed E-state index contributed by atoms with van der Waals surface area (Å²) >= 11 is 6.08. The molecule has 0 radical (unpaired) electrons. The summed E-state index contributed by atoms with van der Waals surface area (Å²) in [5, 5.41) is 13.9. The smallest absolute Gasteiger partial charge is 0.126 e. The average molecular weight is 256 g/mol. The lowest BCUT2D eigenvalue weighted by atomic mass is 9.94. The van der Waals surface area contributed by atoms with Gasteiger partial charge in [0.1, 0.15) is 5.75 Å². The maximum atomic E-state index is 10.2. The molecule has 1 atom stereocenters. The van der Waals surface area contributed by atoms with Crippen LogP contribution in [0.2, 0.25) is 5.02 Å². The Kier molecular flexibility index (Phi) is 3.61. The second-order valence-corrected chi connectivity index (χ2v) is 5.29. The maximum absolute atomic E-state index is 10.2. The first-order valence-electron chi connectivity index (χ1n) is 5.83. The Hall–Kier alpha value is -0.770. The second kappa shape index (κ2) is 4.84. The van der Waals surface area contributed by atoms with Crippen LogP contribution in [0, 0.1) is 0 Å². The van der Waals surface area contributed by atoms with Crippen LogP contribution in [0.4, 0.5) is 0 Å². The standard InChI is InChI=1S/C13H18ClNO2/c1-13(16,8-15-2)7-10-6-11(14)5-9-3-4-17-12(9)10/h5-6,15-16H,3-4,7-8H2,1-2H3. The number of nitrogens with one attached hydrogen (secondary N) is 1. The molecule has 2 N–H and O–H groups in total. The van der Waals surface area contributed by atoms with Crippen molar-refractivity contribution in [3.05, 3.63) is 28.3 Å². The van der Waals surface area contributed by atoms with Crippen LogP contribution in [0.15, 0.2) is 12.1 Å². The quantitative estimate of drug-likeness (QED) is 0.862. The highest BCUT2D eigenvalue weighted by molar-refractivity contribution is 6.30. The molecule has 1 aliphatic rings. The lowest BCUT2D eigenvalue weighted by molar-refractivity contribution is 0.0616. The van der Waals surface area contributed by atoms with Crippen LogP contribution in [0.25, 0.3) is 0 Å². The lowest BCUT2D eigenvalue weighted by Crippen LogP contribution is -2.38. The lowest BCUT2D eigenvalue weighted by Gasteiger charge is -2.24. The van der Waals surface area contributed by atoms with Gasteiger partial charge >= 0.3 is 0 Å². The molecule has 0 saturated carbocycles.